The number of rotatable bonds is 3. The van der Waals surface area contributed by atoms with E-state index in [0.29, 0.717) is 0 Å². The van der Waals surface area contributed by atoms with Crippen molar-refractivity contribution in [3.8, 4) is 0 Å². The second-order valence-corrected chi connectivity index (χ2v) is 3.80. The first-order valence-electron chi connectivity index (χ1n) is 5.00. The fourth-order valence-corrected chi connectivity index (χ4v) is 1.61. The Morgan fingerprint density at radius 1 is 1.47 bits per heavy atom. The average Bonchev–Trinajstić information content (AvgIpc) is 2.62. The summed E-state index contributed by atoms with van der Waals surface area (Å²) in [6.45, 7) is 3.32. The SMILES string of the molecule is CC(=O)NNC(=O)CN1CCC(CO)C1. The van der Waals surface area contributed by atoms with E-state index in [0.717, 1.165) is 19.5 Å². The Morgan fingerprint density at radius 2 is 2.20 bits per heavy atom. The average molecular weight is 215 g/mol. The van der Waals surface area contributed by atoms with Crippen LogP contribution in [0.2, 0.25) is 0 Å². The highest BCUT2D eigenvalue weighted by Crippen LogP contribution is 2.14. The highest BCUT2D eigenvalue weighted by molar-refractivity contribution is 5.81. The molecule has 1 heterocycles. The van der Waals surface area contributed by atoms with Gasteiger partial charge in [0.05, 0.1) is 6.54 Å². The van der Waals surface area contributed by atoms with Crippen LogP contribution in [0.1, 0.15) is 13.3 Å². The maximum atomic E-state index is 11.3. The van der Waals surface area contributed by atoms with Crippen molar-refractivity contribution in [1.82, 2.24) is 15.8 Å². The Labute approximate surface area is 88.6 Å². The fourth-order valence-electron chi connectivity index (χ4n) is 1.61. The number of nitrogens with one attached hydrogen (secondary N) is 2. The summed E-state index contributed by atoms with van der Waals surface area (Å²) in [5.41, 5.74) is 4.53. The molecule has 6 heteroatoms. The molecule has 0 radical (unpaired) electrons. The molecule has 1 fully saturated rings. The maximum Gasteiger partial charge on any atom is 0.252 e. The van der Waals surface area contributed by atoms with Gasteiger partial charge in [-0.2, -0.15) is 0 Å². The minimum atomic E-state index is -0.294. The van der Waals surface area contributed by atoms with E-state index in [4.69, 9.17) is 5.11 Å². The van der Waals surface area contributed by atoms with E-state index in [9.17, 15) is 9.59 Å². The smallest absolute Gasteiger partial charge is 0.252 e. The number of nitrogens with zero attached hydrogens (tertiary/aromatic N) is 1. The normalized spacial score (nSPS) is 21.3. The highest BCUT2D eigenvalue weighted by atomic mass is 16.3. The molecule has 0 aliphatic carbocycles. The zero-order valence-corrected chi connectivity index (χ0v) is 8.82. The summed E-state index contributed by atoms with van der Waals surface area (Å²) in [5.74, 6) is -0.250. The first-order chi connectivity index (χ1) is 7.11. The van der Waals surface area contributed by atoms with Crippen molar-refractivity contribution in [2.24, 2.45) is 5.92 Å². The van der Waals surface area contributed by atoms with Gasteiger partial charge in [0.1, 0.15) is 0 Å². The van der Waals surface area contributed by atoms with E-state index in [-0.39, 0.29) is 30.9 Å². The van der Waals surface area contributed by atoms with Gasteiger partial charge in [0.15, 0.2) is 0 Å². The van der Waals surface area contributed by atoms with Gasteiger partial charge in [-0.1, -0.05) is 0 Å². The van der Waals surface area contributed by atoms with Crippen molar-refractivity contribution >= 4 is 11.8 Å². The predicted octanol–water partition coefficient (Wildman–Crippen LogP) is -1.53. The van der Waals surface area contributed by atoms with Gasteiger partial charge in [0.25, 0.3) is 5.91 Å². The van der Waals surface area contributed by atoms with Gasteiger partial charge in [-0.05, 0) is 18.9 Å². The quantitative estimate of drug-likeness (QED) is 0.499. The van der Waals surface area contributed by atoms with Gasteiger partial charge in [0.2, 0.25) is 5.91 Å². The molecule has 2 amide bonds. The molecule has 0 saturated carbocycles. The van der Waals surface area contributed by atoms with Crippen molar-refractivity contribution in [1.29, 1.82) is 0 Å². The molecule has 1 atom stereocenters. The fraction of sp³-hybridized carbons (Fsp3) is 0.778. The number of hydrogen-bond acceptors (Lipinski definition) is 4. The van der Waals surface area contributed by atoms with Gasteiger partial charge in [-0.15, -0.1) is 0 Å². The summed E-state index contributed by atoms with van der Waals surface area (Å²) >= 11 is 0. The lowest BCUT2D eigenvalue weighted by Gasteiger charge is -2.14. The lowest BCUT2D eigenvalue weighted by molar-refractivity contribution is -0.128. The molecule has 0 aromatic rings. The van der Waals surface area contributed by atoms with Gasteiger partial charge >= 0.3 is 0 Å². The zero-order chi connectivity index (χ0) is 11.3. The first-order valence-corrected chi connectivity index (χ1v) is 5.00. The molecule has 1 saturated heterocycles. The van der Waals surface area contributed by atoms with Crippen LogP contribution in [0.5, 0.6) is 0 Å². The van der Waals surface area contributed by atoms with Crippen LogP contribution < -0.4 is 10.9 Å². The van der Waals surface area contributed by atoms with Crippen molar-refractivity contribution in [2.45, 2.75) is 13.3 Å². The summed E-state index contributed by atoms with van der Waals surface area (Å²) in [4.78, 5) is 23.7. The standard InChI is InChI=1S/C9H17N3O3/c1-7(14)10-11-9(15)5-12-3-2-8(4-12)6-13/h8,13H,2-6H2,1H3,(H,10,14)(H,11,15). The second-order valence-electron chi connectivity index (χ2n) is 3.80. The van der Waals surface area contributed by atoms with E-state index in [1.165, 1.54) is 6.92 Å². The Balaban J connectivity index is 2.18. The maximum absolute atomic E-state index is 11.3. The molecule has 0 aromatic heterocycles. The van der Waals surface area contributed by atoms with Gasteiger partial charge in [-0.3, -0.25) is 25.3 Å². The first kappa shape index (κ1) is 11.9. The second kappa shape index (κ2) is 5.67. The number of aliphatic hydroxyl groups excluding tert-OH is 1. The van der Waals surface area contributed by atoms with Crippen molar-refractivity contribution in [3.63, 3.8) is 0 Å². The van der Waals surface area contributed by atoms with Crippen LogP contribution in [0, 0.1) is 5.92 Å². The van der Waals surface area contributed by atoms with Crippen molar-refractivity contribution < 1.29 is 14.7 Å². The molecule has 15 heavy (non-hydrogen) atoms. The number of amides is 2. The lowest BCUT2D eigenvalue weighted by atomic mass is 10.1. The van der Waals surface area contributed by atoms with Crippen LogP contribution >= 0.6 is 0 Å². The molecule has 1 aliphatic rings. The number of carbonyl (C=O) groups excluding carboxylic acids is 2. The molecular formula is C9H17N3O3. The summed E-state index contributed by atoms with van der Waals surface area (Å²) in [6.07, 6.45) is 0.921. The minimum absolute atomic E-state index is 0.170. The molecule has 0 aromatic carbocycles. The molecule has 86 valence electrons. The highest BCUT2D eigenvalue weighted by Gasteiger charge is 2.23. The number of hydrazine groups is 1. The topological polar surface area (TPSA) is 81.7 Å². The van der Waals surface area contributed by atoms with Crippen molar-refractivity contribution in [2.75, 3.05) is 26.2 Å². The van der Waals surface area contributed by atoms with Crippen molar-refractivity contribution in [3.05, 3.63) is 0 Å². The molecule has 1 rings (SSSR count). The molecule has 1 aliphatic heterocycles. The third-order valence-corrected chi connectivity index (χ3v) is 2.37. The van der Waals surface area contributed by atoms with Gasteiger partial charge < -0.3 is 5.11 Å². The number of aliphatic hydroxyl groups is 1. The Hall–Kier alpha value is -1.14. The largest absolute Gasteiger partial charge is 0.396 e. The number of hydrogen-bond donors (Lipinski definition) is 3. The summed E-state index contributed by atoms with van der Waals surface area (Å²) in [7, 11) is 0. The summed E-state index contributed by atoms with van der Waals surface area (Å²) in [5, 5.41) is 8.91. The summed E-state index contributed by atoms with van der Waals surface area (Å²) < 4.78 is 0. The van der Waals surface area contributed by atoms with Crippen LogP contribution in [-0.2, 0) is 9.59 Å². The lowest BCUT2D eigenvalue weighted by Crippen LogP contribution is -2.45. The van der Waals surface area contributed by atoms with Crippen LogP contribution in [0.15, 0.2) is 0 Å². The monoisotopic (exact) mass is 215 g/mol. The van der Waals surface area contributed by atoms with Crippen LogP contribution in [0.3, 0.4) is 0 Å². The van der Waals surface area contributed by atoms with E-state index < -0.39 is 0 Å². The molecule has 3 N–H and O–H groups in total. The zero-order valence-electron chi connectivity index (χ0n) is 8.82. The number of carbonyl (C=O) groups is 2. The van der Waals surface area contributed by atoms with Gasteiger partial charge in [0, 0.05) is 20.1 Å². The third kappa shape index (κ3) is 4.26. The van der Waals surface area contributed by atoms with Crippen LogP contribution in [0.4, 0.5) is 0 Å². The number of likely N-dealkylation sites (tertiary alicyclic amines) is 1. The Bertz CT molecular complexity index is 245. The Morgan fingerprint density at radius 3 is 2.73 bits per heavy atom. The Kier molecular flexibility index (Phi) is 4.51. The van der Waals surface area contributed by atoms with Crippen LogP contribution in [0.25, 0.3) is 0 Å². The van der Waals surface area contributed by atoms with E-state index >= 15 is 0 Å². The molecule has 0 bridgehead atoms. The minimum Gasteiger partial charge on any atom is -0.396 e. The predicted molar refractivity (Wildman–Crippen MR) is 53.6 cm³/mol. The third-order valence-electron chi connectivity index (χ3n) is 2.37. The molecule has 0 spiro atoms. The molecule has 1 unspecified atom stereocenters. The van der Waals surface area contributed by atoms with E-state index in [1.807, 2.05) is 4.90 Å². The summed E-state index contributed by atoms with van der Waals surface area (Å²) in [6, 6.07) is 0. The van der Waals surface area contributed by atoms with E-state index in [2.05, 4.69) is 10.9 Å². The van der Waals surface area contributed by atoms with Crippen LogP contribution in [-0.4, -0.2) is 48.1 Å². The molecule has 6 nitrogen and oxygen atoms in total. The molecular weight excluding hydrogens is 198 g/mol. The van der Waals surface area contributed by atoms with Gasteiger partial charge in [-0.25, -0.2) is 0 Å². The van der Waals surface area contributed by atoms with E-state index in [1.54, 1.807) is 0 Å².